The molecule has 1 nitrogen and oxygen atoms in total. The molecule has 0 radical (unpaired) electrons. The summed E-state index contributed by atoms with van der Waals surface area (Å²) in [6, 6.07) is 0. The maximum absolute atomic E-state index is 6.10. The van der Waals surface area contributed by atoms with E-state index >= 15 is 0 Å². The van der Waals surface area contributed by atoms with Crippen LogP contribution in [0.1, 0.15) is 47.0 Å². The second kappa shape index (κ2) is 7.81. The van der Waals surface area contributed by atoms with Crippen LogP contribution >= 0.6 is 11.6 Å². The predicted molar refractivity (Wildman–Crippen MR) is 66.0 cm³/mol. The fourth-order valence-corrected chi connectivity index (χ4v) is 1.45. The molecular formula is C12H20ClN. The number of hydrogen-bond donors (Lipinski definition) is 0. The highest BCUT2D eigenvalue weighted by Gasteiger charge is 2.03. The lowest BCUT2D eigenvalue weighted by Gasteiger charge is -2.05. The molecule has 0 heterocycles. The summed E-state index contributed by atoms with van der Waals surface area (Å²) in [6.07, 6.45) is 6.87. The van der Waals surface area contributed by atoms with E-state index in [4.69, 9.17) is 11.6 Å². The molecule has 0 aliphatic rings. The zero-order chi connectivity index (χ0) is 11.0. The molecule has 2 heteroatoms. The van der Waals surface area contributed by atoms with E-state index in [9.17, 15) is 0 Å². The van der Waals surface area contributed by atoms with Crippen molar-refractivity contribution in [3.05, 3.63) is 23.4 Å². The van der Waals surface area contributed by atoms with E-state index < -0.39 is 0 Å². The summed E-state index contributed by atoms with van der Waals surface area (Å²) < 4.78 is 0. The fraction of sp³-hybridized carbons (Fsp3) is 0.583. The number of nitrogens with zero attached hydrogens (tertiary/aromatic N) is 1. The normalized spacial score (nSPS) is 12.2. The summed E-state index contributed by atoms with van der Waals surface area (Å²) in [5.74, 6) is 0. The Hall–Kier alpha value is -0.560. The Kier molecular flexibility index (Phi) is 7.50. The summed E-state index contributed by atoms with van der Waals surface area (Å²) in [5, 5.41) is 0.636. The Morgan fingerprint density at radius 2 is 1.93 bits per heavy atom. The first kappa shape index (κ1) is 13.4. The molecule has 0 saturated carbocycles. The monoisotopic (exact) mass is 213 g/mol. The van der Waals surface area contributed by atoms with Crippen molar-refractivity contribution in [3.8, 4) is 0 Å². The van der Waals surface area contributed by atoms with E-state index in [-0.39, 0.29) is 0 Å². The SMILES string of the molecule is CC/C=C/N=C(Cl)C(CCC)=C(C)C. The molecule has 0 atom stereocenters. The van der Waals surface area contributed by atoms with E-state index in [0.29, 0.717) is 5.17 Å². The number of rotatable bonds is 5. The topological polar surface area (TPSA) is 12.4 Å². The van der Waals surface area contributed by atoms with Gasteiger partial charge in [-0.3, -0.25) is 0 Å². The van der Waals surface area contributed by atoms with Gasteiger partial charge in [0, 0.05) is 6.20 Å². The predicted octanol–water partition coefficient (Wildman–Crippen LogP) is 4.68. The van der Waals surface area contributed by atoms with Gasteiger partial charge in [-0.05, 0) is 32.3 Å². The largest absolute Gasteiger partial charge is 0.245 e. The van der Waals surface area contributed by atoms with Crippen LogP contribution in [0.25, 0.3) is 0 Å². The van der Waals surface area contributed by atoms with Crippen LogP contribution in [0.4, 0.5) is 0 Å². The third-order valence-corrected chi connectivity index (χ3v) is 2.21. The lowest BCUT2D eigenvalue weighted by molar-refractivity contribution is 0.925. The Bertz CT molecular complexity index is 245. The van der Waals surface area contributed by atoms with E-state index in [1.165, 1.54) is 11.1 Å². The van der Waals surface area contributed by atoms with Crippen molar-refractivity contribution in [3.63, 3.8) is 0 Å². The first-order valence-corrected chi connectivity index (χ1v) is 5.56. The zero-order valence-electron chi connectivity index (χ0n) is 9.60. The van der Waals surface area contributed by atoms with Crippen molar-refractivity contribution < 1.29 is 0 Å². The van der Waals surface area contributed by atoms with E-state index in [0.717, 1.165) is 19.3 Å². The molecular weight excluding hydrogens is 194 g/mol. The lowest BCUT2D eigenvalue weighted by atomic mass is 10.1. The first-order valence-electron chi connectivity index (χ1n) is 5.18. The summed E-state index contributed by atoms with van der Waals surface area (Å²) in [4.78, 5) is 4.20. The Balaban J connectivity index is 4.61. The molecule has 0 aliphatic heterocycles. The van der Waals surface area contributed by atoms with Gasteiger partial charge in [-0.2, -0.15) is 0 Å². The van der Waals surface area contributed by atoms with E-state index in [2.05, 4.69) is 32.7 Å². The number of hydrogen-bond acceptors (Lipinski definition) is 1. The van der Waals surface area contributed by atoms with Gasteiger partial charge in [-0.1, -0.05) is 43.5 Å². The standard InChI is InChI=1S/C12H20ClN/c1-5-7-9-14-12(13)11(8-6-2)10(3)4/h7,9H,5-6,8H2,1-4H3/b9-7+,14-12?. The molecule has 0 unspecified atom stereocenters. The second-order valence-electron chi connectivity index (χ2n) is 3.44. The minimum absolute atomic E-state index is 0.636. The summed E-state index contributed by atoms with van der Waals surface area (Å²) >= 11 is 6.10. The quantitative estimate of drug-likeness (QED) is 0.588. The van der Waals surface area contributed by atoms with Crippen molar-refractivity contribution in [2.75, 3.05) is 0 Å². The maximum Gasteiger partial charge on any atom is 0.132 e. The second-order valence-corrected chi connectivity index (χ2v) is 3.80. The molecule has 0 aromatic heterocycles. The molecule has 0 amide bonds. The number of halogens is 1. The van der Waals surface area contributed by atoms with Gasteiger partial charge >= 0.3 is 0 Å². The van der Waals surface area contributed by atoms with Crippen LogP contribution in [0.3, 0.4) is 0 Å². The van der Waals surface area contributed by atoms with Gasteiger partial charge < -0.3 is 0 Å². The third-order valence-electron chi connectivity index (χ3n) is 1.88. The maximum atomic E-state index is 6.10. The molecule has 0 aromatic carbocycles. The average Bonchev–Trinajstić information content (AvgIpc) is 2.13. The summed E-state index contributed by atoms with van der Waals surface area (Å²) in [5.41, 5.74) is 2.43. The van der Waals surface area contributed by atoms with Crippen LogP contribution in [-0.4, -0.2) is 5.17 Å². The lowest BCUT2D eigenvalue weighted by Crippen LogP contribution is -1.96. The van der Waals surface area contributed by atoms with Crippen LogP contribution in [0.5, 0.6) is 0 Å². The molecule has 0 saturated heterocycles. The smallest absolute Gasteiger partial charge is 0.132 e. The van der Waals surface area contributed by atoms with Gasteiger partial charge in [0.2, 0.25) is 0 Å². The van der Waals surface area contributed by atoms with Crippen molar-refractivity contribution in [1.82, 2.24) is 0 Å². The highest BCUT2D eigenvalue weighted by molar-refractivity contribution is 6.69. The number of aliphatic imine (C=N–C) groups is 1. The Morgan fingerprint density at radius 1 is 1.29 bits per heavy atom. The van der Waals surface area contributed by atoms with Crippen LogP contribution < -0.4 is 0 Å². The molecule has 14 heavy (non-hydrogen) atoms. The zero-order valence-corrected chi connectivity index (χ0v) is 10.4. The molecule has 0 aliphatic carbocycles. The Labute approximate surface area is 92.6 Å². The van der Waals surface area contributed by atoms with Crippen LogP contribution in [0, 0.1) is 0 Å². The van der Waals surface area contributed by atoms with Gasteiger partial charge in [0.05, 0.1) is 0 Å². The van der Waals surface area contributed by atoms with Crippen LogP contribution in [0.15, 0.2) is 28.4 Å². The third kappa shape index (κ3) is 5.23. The minimum Gasteiger partial charge on any atom is -0.245 e. The highest BCUT2D eigenvalue weighted by atomic mass is 35.5. The van der Waals surface area contributed by atoms with Gasteiger partial charge in [-0.25, -0.2) is 4.99 Å². The fourth-order valence-electron chi connectivity index (χ4n) is 1.11. The molecule has 0 N–H and O–H groups in total. The van der Waals surface area contributed by atoms with Crippen LogP contribution in [0.2, 0.25) is 0 Å². The van der Waals surface area contributed by atoms with Crippen molar-refractivity contribution in [2.24, 2.45) is 4.99 Å². The van der Waals surface area contributed by atoms with Gasteiger partial charge in [0.1, 0.15) is 5.17 Å². The van der Waals surface area contributed by atoms with Gasteiger partial charge in [-0.15, -0.1) is 0 Å². The van der Waals surface area contributed by atoms with Gasteiger partial charge in [0.15, 0.2) is 0 Å². The van der Waals surface area contributed by atoms with Gasteiger partial charge in [0.25, 0.3) is 0 Å². The average molecular weight is 214 g/mol. The molecule has 0 bridgehead atoms. The molecule has 0 aromatic rings. The molecule has 0 fully saturated rings. The van der Waals surface area contributed by atoms with Crippen molar-refractivity contribution in [1.29, 1.82) is 0 Å². The van der Waals surface area contributed by atoms with E-state index in [1.54, 1.807) is 6.20 Å². The highest BCUT2D eigenvalue weighted by Crippen LogP contribution is 2.15. The molecule has 80 valence electrons. The molecule has 0 spiro atoms. The summed E-state index contributed by atoms with van der Waals surface area (Å²) in [7, 11) is 0. The Morgan fingerprint density at radius 3 is 2.36 bits per heavy atom. The number of allylic oxidation sites excluding steroid dienone is 3. The summed E-state index contributed by atoms with van der Waals surface area (Å²) in [6.45, 7) is 8.38. The van der Waals surface area contributed by atoms with Crippen LogP contribution in [-0.2, 0) is 0 Å². The first-order chi connectivity index (χ1) is 6.63. The van der Waals surface area contributed by atoms with Crippen molar-refractivity contribution >= 4 is 16.8 Å². The molecule has 0 rings (SSSR count). The van der Waals surface area contributed by atoms with E-state index in [1.807, 2.05) is 6.08 Å². The van der Waals surface area contributed by atoms with Crippen molar-refractivity contribution in [2.45, 2.75) is 47.0 Å². The minimum atomic E-state index is 0.636.